The minimum Gasteiger partial charge on any atom is -0.364 e. The van der Waals surface area contributed by atoms with Gasteiger partial charge in [-0.05, 0) is 31.9 Å². The van der Waals surface area contributed by atoms with Gasteiger partial charge in [-0.15, -0.1) is 0 Å². The number of nitriles is 1. The Morgan fingerprint density at radius 2 is 2.12 bits per heavy atom. The molecule has 1 aromatic heterocycles. The first-order valence-corrected chi connectivity index (χ1v) is 5.87. The third-order valence-electron chi connectivity index (χ3n) is 3.31. The number of nitrogens with one attached hydrogen (secondary N) is 1. The lowest BCUT2D eigenvalue weighted by Crippen LogP contribution is -2.37. The molecule has 1 fully saturated rings. The number of pyridine rings is 1. The smallest absolute Gasteiger partial charge is 0.144 e. The highest BCUT2D eigenvalue weighted by molar-refractivity contribution is 5.52. The summed E-state index contributed by atoms with van der Waals surface area (Å²) in [6.45, 7) is 2.22. The highest BCUT2D eigenvalue weighted by Crippen LogP contribution is 2.31. The van der Waals surface area contributed by atoms with E-state index in [4.69, 9.17) is 5.26 Å². The van der Waals surface area contributed by atoms with E-state index < -0.39 is 0 Å². The van der Waals surface area contributed by atoms with E-state index in [-0.39, 0.29) is 5.54 Å². The van der Waals surface area contributed by atoms with Gasteiger partial charge >= 0.3 is 0 Å². The molecule has 1 saturated carbocycles. The molecule has 16 heavy (non-hydrogen) atoms. The second-order valence-electron chi connectivity index (χ2n) is 4.76. The third-order valence-corrected chi connectivity index (χ3v) is 3.31. The fourth-order valence-corrected chi connectivity index (χ4v) is 2.34. The van der Waals surface area contributed by atoms with Crippen LogP contribution in [0.1, 0.15) is 44.6 Å². The molecular weight excluding hydrogens is 198 g/mol. The van der Waals surface area contributed by atoms with Gasteiger partial charge in [-0.3, -0.25) is 0 Å². The van der Waals surface area contributed by atoms with E-state index in [1.54, 1.807) is 12.3 Å². The summed E-state index contributed by atoms with van der Waals surface area (Å²) in [4.78, 5) is 4.26. The first-order valence-electron chi connectivity index (χ1n) is 5.87. The molecule has 0 amide bonds. The van der Waals surface area contributed by atoms with E-state index >= 15 is 0 Å². The Kier molecular flexibility index (Phi) is 3.09. The molecule has 0 bridgehead atoms. The van der Waals surface area contributed by atoms with Crippen LogP contribution in [-0.4, -0.2) is 10.5 Å². The van der Waals surface area contributed by atoms with Gasteiger partial charge in [0, 0.05) is 11.7 Å². The zero-order valence-electron chi connectivity index (χ0n) is 9.66. The molecule has 1 aromatic rings. The zero-order chi connectivity index (χ0) is 11.4. The lowest BCUT2D eigenvalue weighted by atomic mass is 9.83. The highest BCUT2D eigenvalue weighted by Gasteiger charge is 2.27. The largest absolute Gasteiger partial charge is 0.364 e. The van der Waals surface area contributed by atoms with E-state index in [0.717, 1.165) is 18.7 Å². The molecule has 2 rings (SSSR count). The summed E-state index contributed by atoms with van der Waals surface area (Å²) in [6, 6.07) is 5.78. The van der Waals surface area contributed by atoms with Gasteiger partial charge in [0.15, 0.2) is 0 Å². The molecule has 1 N–H and O–H groups in total. The van der Waals surface area contributed by atoms with Gasteiger partial charge in [0.05, 0.1) is 5.56 Å². The number of aromatic nitrogens is 1. The van der Waals surface area contributed by atoms with Crippen molar-refractivity contribution in [2.75, 3.05) is 5.32 Å². The Morgan fingerprint density at radius 3 is 2.81 bits per heavy atom. The number of hydrogen-bond donors (Lipinski definition) is 1. The molecule has 3 nitrogen and oxygen atoms in total. The Labute approximate surface area is 96.5 Å². The molecule has 0 saturated heterocycles. The van der Waals surface area contributed by atoms with Crippen molar-refractivity contribution in [3.63, 3.8) is 0 Å². The van der Waals surface area contributed by atoms with Gasteiger partial charge in [0.2, 0.25) is 0 Å². The predicted molar refractivity (Wildman–Crippen MR) is 64.1 cm³/mol. The van der Waals surface area contributed by atoms with Gasteiger partial charge in [0.1, 0.15) is 11.9 Å². The van der Waals surface area contributed by atoms with Gasteiger partial charge in [0.25, 0.3) is 0 Å². The van der Waals surface area contributed by atoms with Crippen molar-refractivity contribution in [3.05, 3.63) is 23.9 Å². The standard InChI is InChI=1S/C13H17N3/c1-13(7-3-2-4-8-13)16-12-11(10-14)6-5-9-15-12/h5-6,9H,2-4,7-8H2,1H3,(H,15,16). The second kappa shape index (κ2) is 4.52. The number of rotatable bonds is 2. The van der Waals surface area contributed by atoms with Crippen molar-refractivity contribution in [3.8, 4) is 6.07 Å². The normalized spacial score (nSPS) is 18.8. The number of anilines is 1. The van der Waals surface area contributed by atoms with Crippen molar-refractivity contribution in [2.24, 2.45) is 0 Å². The van der Waals surface area contributed by atoms with Crippen LogP contribution in [0.3, 0.4) is 0 Å². The molecule has 0 unspecified atom stereocenters. The summed E-state index contributed by atoms with van der Waals surface area (Å²) in [5.74, 6) is 0.731. The maximum Gasteiger partial charge on any atom is 0.144 e. The van der Waals surface area contributed by atoms with E-state index in [1.165, 1.54) is 19.3 Å². The van der Waals surface area contributed by atoms with Crippen LogP contribution in [0.25, 0.3) is 0 Å². The molecule has 1 aliphatic carbocycles. The highest BCUT2D eigenvalue weighted by atomic mass is 15.1. The summed E-state index contributed by atoms with van der Waals surface area (Å²) in [5, 5.41) is 12.4. The van der Waals surface area contributed by atoms with Gasteiger partial charge in [-0.2, -0.15) is 5.26 Å². The zero-order valence-corrected chi connectivity index (χ0v) is 9.66. The Morgan fingerprint density at radius 1 is 1.38 bits per heavy atom. The summed E-state index contributed by atoms with van der Waals surface area (Å²) in [7, 11) is 0. The van der Waals surface area contributed by atoms with Crippen LogP contribution >= 0.6 is 0 Å². The Hall–Kier alpha value is -1.56. The van der Waals surface area contributed by atoms with Crippen LogP contribution in [0.4, 0.5) is 5.82 Å². The fraction of sp³-hybridized carbons (Fsp3) is 0.538. The van der Waals surface area contributed by atoms with E-state index in [1.807, 2.05) is 6.07 Å². The molecule has 3 heteroatoms. The number of hydrogen-bond acceptors (Lipinski definition) is 3. The van der Waals surface area contributed by atoms with Crippen LogP contribution in [0.15, 0.2) is 18.3 Å². The average molecular weight is 215 g/mol. The Bertz CT molecular complexity index is 400. The second-order valence-corrected chi connectivity index (χ2v) is 4.76. The maximum absolute atomic E-state index is 9.00. The quantitative estimate of drug-likeness (QED) is 0.824. The summed E-state index contributed by atoms with van der Waals surface area (Å²) in [6.07, 6.45) is 7.90. The molecule has 84 valence electrons. The molecule has 0 radical (unpaired) electrons. The topological polar surface area (TPSA) is 48.7 Å². The monoisotopic (exact) mass is 215 g/mol. The van der Waals surface area contributed by atoms with Crippen molar-refractivity contribution in [1.82, 2.24) is 4.98 Å². The van der Waals surface area contributed by atoms with Crippen molar-refractivity contribution in [1.29, 1.82) is 5.26 Å². The lowest BCUT2D eigenvalue weighted by molar-refractivity contribution is 0.348. The minimum absolute atomic E-state index is 0.109. The van der Waals surface area contributed by atoms with Crippen LogP contribution in [0, 0.1) is 11.3 Å². The molecule has 0 spiro atoms. The van der Waals surface area contributed by atoms with E-state index in [9.17, 15) is 0 Å². The minimum atomic E-state index is 0.109. The molecular formula is C13H17N3. The summed E-state index contributed by atoms with van der Waals surface area (Å²) < 4.78 is 0. The van der Waals surface area contributed by atoms with Crippen LogP contribution < -0.4 is 5.32 Å². The van der Waals surface area contributed by atoms with Crippen LogP contribution in [-0.2, 0) is 0 Å². The van der Waals surface area contributed by atoms with Gasteiger partial charge < -0.3 is 5.32 Å². The predicted octanol–water partition coefficient (Wildman–Crippen LogP) is 3.09. The van der Waals surface area contributed by atoms with Crippen LogP contribution in [0.2, 0.25) is 0 Å². The summed E-state index contributed by atoms with van der Waals surface area (Å²) >= 11 is 0. The lowest BCUT2D eigenvalue weighted by Gasteiger charge is -2.35. The molecule has 0 aliphatic heterocycles. The van der Waals surface area contributed by atoms with E-state index in [0.29, 0.717) is 5.56 Å². The van der Waals surface area contributed by atoms with Crippen LogP contribution in [0.5, 0.6) is 0 Å². The SMILES string of the molecule is CC1(Nc2ncccc2C#N)CCCCC1. The number of nitrogens with zero attached hydrogens (tertiary/aromatic N) is 2. The third kappa shape index (κ3) is 2.33. The first-order chi connectivity index (χ1) is 7.73. The van der Waals surface area contributed by atoms with Crippen molar-refractivity contribution >= 4 is 5.82 Å². The van der Waals surface area contributed by atoms with E-state index in [2.05, 4.69) is 23.3 Å². The molecule has 1 heterocycles. The maximum atomic E-state index is 9.00. The molecule has 0 atom stereocenters. The first kappa shape index (κ1) is 10.9. The Balaban J connectivity index is 2.16. The molecule has 0 aromatic carbocycles. The van der Waals surface area contributed by atoms with Crippen molar-refractivity contribution in [2.45, 2.75) is 44.6 Å². The van der Waals surface area contributed by atoms with Crippen molar-refractivity contribution < 1.29 is 0 Å². The molecule has 1 aliphatic rings. The average Bonchev–Trinajstić information content (AvgIpc) is 2.30. The fourth-order valence-electron chi connectivity index (χ4n) is 2.34. The van der Waals surface area contributed by atoms with Gasteiger partial charge in [-0.25, -0.2) is 4.98 Å². The van der Waals surface area contributed by atoms with Gasteiger partial charge in [-0.1, -0.05) is 19.3 Å². The summed E-state index contributed by atoms with van der Waals surface area (Å²) in [5.41, 5.74) is 0.743.